The zero-order valence-corrected chi connectivity index (χ0v) is 20.9. The molecule has 2 amide bonds. The number of nitrogens with one attached hydrogen (secondary N) is 2. The second kappa shape index (κ2) is 10.8. The van der Waals surface area contributed by atoms with E-state index in [0.717, 1.165) is 26.2 Å². The van der Waals surface area contributed by atoms with E-state index in [2.05, 4.69) is 31.5 Å². The number of rotatable bonds is 7. The highest BCUT2D eigenvalue weighted by Gasteiger charge is 2.11. The van der Waals surface area contributed by atoms with Crippen LogP contribution < -0.4 is 10.6 Å². The van der Waals surface area contributed by atoms with Gasteiger partial charge in [-0.05, 0) is 48.9 Å². The highest BCUT2D eigenvalue weighted by Crippen LogP contribution is 2.27. The van der Waals surface area contributed by atoms with Crippen molar-refractivity contribution >= 4 is 61.7 Å². The third-order valence-corrected chi connectivity index (χ3v) is 7.02. The summed E-state index contributed by atoms with van der Waals surface area (Å²) in [6.07, 6.45) is 0. The van der Waals surface area contributed by atoms with Gasteiger partial charge in [0, 0.05) is 31.6 Å². The van der Waals surface area contributed by atoms with Crippen molar-refractivity contribution in [2.45, 2.75) is 11.8 Å². The molecule has 1 heterocycles. The first-order valence-corrected chi connectivity index (χ1v) is 12.7. The van der Waals surface area contributed by atoms with Crippen molar-refractivity contribution in [2.24, 2.45) is 0 Å². The lowest BCUT2D eigenvalue weighted by molar-refractivity contribution is -0.113. The van der Waals surface area contributed by atoms with Gasteiger partial charge in [0.15, 0.2) is 5.13 Å². The number of thioether (sulfide) groups is 1. The monoisotopic (exact) mass is 537 g/mol. The van der Waals surface area contributed by atoms with Gasteiger partial charge in [-0.25, -0.2) is 4.98 Å². The summed E-state index contributed by atoms with van der Waals surface area (Å²) in [5, 5.41) is 8.27. The molecule has 2 N–H and O–H groups in total. The number of benzene rings is 3. The lowest BCUT2D eigenvalue weighted by Crippen LogP contribution is -2.14. The lowest BCUT2D eigenvalue weighted by Gasteiger charge is -2.09. The summed E-state index contributed by atoms with van der Waals surface area (Å²) in [5.41, 5.74) is 4.07. The molecule has 0 unspecified atom stereocenters. The number of carbonyl (C=O) groups is 2. The summed E-state index contributed by atoms with van der Waals surface area (Å²) in [6.45, 7) is 1.91. The fourth-order valence-corrected chi connectivity index (χ4v) is 4.83. The minimum atomic E-state index is -0.154. The second-order valence-corrected chi connectivity index (χ2v) is 10.0. The van der Waals surface area contributed by atoms with Gasteiger partial charge in [-0.1, -0.05) is 52.3 Å². The average Bonchev–Trinajstić information content (AvgIpc) is 3.27. The Bertz CT molecular complexity index is 1290. The van der Waals surface area contributed by atoms with Gasteiger partial charge < -0.3 is 10.6 Å². The van der Waals surface area contributed by atoms with Crippen molar-refractivity contribution in [1.82, 2.24) is 4.98 Å². The molecule has 0 spiro atoms. The van der Waals surface area contributed by atoms with Crippen LogP contribution in [0, 0.1) is 6.92 Å². The van der Waals surface area contributed by atoms with Gasteiger partial charge in [-0.3, -0.25) is 9.59 Å². The molecule has 0 fully saturated rings. The Labute approximate surface area is 208 Å². The Morgan fingerprint density at radius 2 is 1.79 bits per heavy atom. The Kier molecular flexibility index (Phi) is 7.59. The molecular formula is C25H20BrN3O2S2. The molecule has 0 aliphatic carbocycles. The van der Waals surface area contributed by atoms with Crippen molar-refractivity contribution < 1.29 is 9.59 Å². The number of thiazole rings is 1. The van der Waals surface area contributed by atoms with Crippen LogP contribution in [-0.4, -0.2) is 22.6 Å². The minimum Gasteiger partial charge on any atom is -0.322 e. The Balaban J connectivity index is 1.32. The van der Waals surface area contributed by atoms with Crippen LogP contribution in [0.4, 0.5) is 10.8 Å². The van der Waals surface area contributed by atoms with Crippen molar-refractivity contribution in [3.8, 4) is 11.3 Å². The largest absolute Gasteiger partial charge is 0.322 e. The molecule has 4 aromatic rings. The van der Waals surface area contributed by atoms with Gasteiger partial charge in [-0.2, -0.15) is 0 Å². The van der Waals surface area contributed by atoms with E-state index in [4.69, 9.17) is 0 Å². The number of hydrogen-bond acceptors (Lipinski definition) is 5. The van der Waals surface area contributed by atoms with Crippen LogP contribution in [0.25, 0.3) is 11.3 Å². The fraction of sp³-hybridized carbons (Fsp3) is 0.0800. The third kappa shape index (κ3) is 6.31. The maximum absolute atomic E-state index is 12.5. The summed E-state index contributed by atoms with van der Waals surface area (Å²) in [4.78, 5) is 30.4. The zero-order chi connectivity index (χ0) is 23.2. The van der Waals surface area contributed by atoms with Crippen LogP contribution in [-0.2, 0) is 4.79 Å². The van der Waals surface area contributed by atoms with Crippen LogP contribution in [0.1, 0.15) is 15.9 Å². The zero-order valence-electron chi connectivity index (χ0n) is 17.7. The van der Waals surface area contributed by atoms with E-state index in [9.17, 15) is 9.59 Å². The molecule has 166 valence electrons. The van der Waals surface area contributed by atoms with Gasteiger partial charge in [-0.15, -0.1) is 23.1 Å². The van der Waals surface area contributed by atoms with Gasteiger partial charge in [0.1, 0.15) is 0 Å². The molecule has 1 aromatic heterocycles. The number of nitrogens with zero attached hydrogens (tertiary/aromatic N) is 1. The van der Waals surface area contributed by atoms with Crippen molar-refractivity contribution in [3.63, 3.8) is 0 Å². The average molecular weight is 538 g/mol. The SMILES string of the molecule is Cc1ccccc1C(=O)Nc1cccc(SCC(=O)Nc2nc(-c3ccc(Br)cc3)cs2)c1. The fourth-order valence-electron chi connectivity index (χ4n) is 3.08. The molecule has 3 aromatic carbocycles. The van der Waals surface area contributed by atoms with Crippen LogP contribution in [0.3, 0.4) is 0 Å². The number of aryl methyl sites for hydroxylation is 1. The maximum Gasteiger partial charge on any atom is 0.255 e. The van der Waals surface area contributed by atoms with E-state index < -0.39 is 0 Å². The predicted molar refractivity (Wildman–Crippen MR) is 140 cm³/mol. The molecule has 0 atom stereocenters. The number of anilines is 2. The Hall–Kier alpha value is -2.94. The number of halogens is 1. The number of carbonyl (C=O) groups excluding carboxylic acids is 2. The van der Waals surface area contributed by atoms with E-state index >= 15 is 0 Å². The molecule has 5 nitrogen and oxygen atoms in total. The molecule has 4 rings (SSSR count). The molecule has 0 bridgehead atoms. The third-order valence-electron chi connectivity index (χ3n) is 4.74. The van der Waals surface area contributed by atoms with E-state index in [-0.39, 0.29) is 17.6 Å². The number of amides is 2. The van der Waals surface area contributed by atoms with Gasteiger partial charge >= 0.3 is 0 Å². The number of aromatic nitrogens is 1. The molecule has 33 heavy (non-hydrogen) atoms. The summed E-state index contributed by atoms with van der Waals surface area (Å²) in [7, 11) is 0. The first-order valence-electron chi connectivity index (χ1n) is 10.1. The molecule has 0 saturated heterocycles. The van der Waals surface area contributed by atoms with E-state index in [0.29, 0.717) is 16.4 Å². The normalized spacial score (nSPS) is 10.6. The van der Waals surface area contributed by atoms with Crippen LogP contribution in [0.5, 0.6) is 0 Å². The first-order chi connectivity index (χ1) is 16.0. The van der Waals surface area contributed by atoms with Crippen molar-refractivity contribution in [2.75, 3.05) is 16.4 Å². The topological polar surface area (TPSA) is 71.1 Å². The van der Waals surface area contributed by atoms with Crippen LogP contribution in [0.2, 0.25) is 0 Å². The van der Waals surface area contributed by atoms with Crippen LogP contribution >= 0.6 is 39.0 Å². The summed E-state index contributed by atoms with van der Waals surface area (Å²) in [5.74, 6) is -0.0491. The smallest absolute Gasteiger partial charge is 0.255 e. The number of hydrogen-bond donors (Lipinski definition) is 2. The molecule has 0 saturated carbocycles. The Morgan fingerprint density at radius 1 is 1.00 bits per heavy atom. The van der Waals surface area contributed by atoms with Crippen LogP contribution in [0.15, 0.2) is 87.5 Å². The van der Waals surface area contributed by atoms with E-state index in [1.807, 2.05) is 79.0 Å². The molecule has 0 aliphatic heterocycles. The van der Waals surface area contributed by atoms with E-state index in [1.54, 1.807) is 6.07 Å². The highest BCUT2D eigenvalue weighted by atomic mass is 79.9. The molecular weight excluding hydrogens is 518 g/mol. The minimum absolute atomic E-state index is 0.133. The molecule has 0 radical (unpaired) electrons. The Morgan fingerprint density at radius 3 is 2.58 bits per heavy atom. The lowest BCUT2D eigenvalue weighted by atomic mass is 10.1. The molecule has 8 heteroatoms. The highest BCUT2D eigenvalue weighted by molar-refractivity contribution is 9.10. The quantitative estimate of drug-likeness (QED) is 0.252. The van der Waals surface area contributed by atoms with Crippen molar-refractivity contribution in [1.29, 1.82) is 0 Å². The van der Waals surface area contributed by atoms with Crippen molar-refractivity contribution in [3.05, 3.63) is 93.8 Å². The molecule has 0 aliphatic rings. The summed E-state index contributed by atoms with van der Waals surface area (Å²) < 4.78 is 1.01. The maximum atomic E-state index is 12.5. The van der Waals surface area contributed by atoms with Gasteiger partial charge in [0.2, 0.25) is 5.91 Å². The summed E-state index contributed by atoms with van der Waals surface area (Å²) in [6, 6.07) is 22.8. The first kappa shape index (κ1) is 23.2. The van der Waals surface area contributed by atoms with Gasteiger partial charge in [0.25, 0.3) is 5.91 Å². The predicted octanol–water partition coefficient (Wildman–Crippen LogP) is 6.86. The summed E-state index contributed by atoms with van der Waals surface area (Å²) >= 11 is 6.22. The van der Waals surface area contributed by atoms with E-state index in [1.165, 1.54) is 23.1 Å². The van der Waals surface area contributed by atoms with Gasteiger partial charge in [0.05, 0.1) is 11.4 Å². The standard InChI is InChI=1S/C25H20BrN3O2S2/c1-16-5-2-3-8-21(16)24(31)27-19-6-4-7-20(13-19)32-15-23(30)29-25-28-22(14-33-25)17-9-11-18(26)12-10-17/h2-14H,15H2,1H3,(H,27,31)(H,28,29,30). The second-order valence-electron chi connectivity index (χ2n) is 7.18.